The van der Waals surface area contributed by atoms with Crippen molar-refractivity contribution in [3.05, 3.63) is 60.4 Å². The highest BCUT2D eigenvalue weighted by atomic mass is 16.3. The van der Waals surface area contributed by atoms with Crippen molar-refractivity contribution in [3.8, 4) is 0 Å². The third-order valence-electron chi connectivity index (χ3n) is 2.78. The molecule has 0 saturated heterocycles. The Labute approximate surface area is 121 Å². The fraction of sp³-hybridized carbons (Fsp3) is 0.143. The maximum absolute atomic E-state index is 5.24. The maximum atomic E-state index is 5.24. The first-order valence-corrected chi connectivity index (χ1v) is 6.49. The molecule has 0 saturated carbocycles. The zero-order chi connectivity index (χ0) is 14.3. The normalized spacial score (nSPS) is 10.3. The third kappa shape index (κ3) is 3.75. The van der Waals surface area contributed by atoms with Crippen molar-refractivity contribution in [2.45, 2.75) is 13.1 Å². The molecule has 0 bridgehead atoms. The smallest absolute Gasteiger partial charge is 0.244 e. The number of nitrogens with one attached hydrogen (secondary N) is 2. The summed E-state index contributed by atoms with van der Waals surface area (Å²) in [7, 11) is 0. The molecule has 3 heterocycles. The predicted molar refractivity (Wildman–Crippen MR) is 77.4 cm³/mol. The molecule has 0 amide bonds. The van der Waals surface area contributed by atoms with Gasteiger partial charge in [-0.05, 0) is 29.8 Å². The van der Waals surface area contributed by atoms with Gasteiger partial charge in [-0.1, -0.05) is 0 Å². The molecule has 0 spiro atoms. The van der Waals surface area contributed by atoms with E-state index in [0.29, 0.717) is 24.9 Å². The summed E-state index contributed by atoms with van der Waals surface area (Å²) in [5, 5.41) is 14.1. The molecule has 0 aromatic carbocycles. The number of furan rings is 1. The van der Waals surface area contributed by atoms with Crippen LogP contribution in [-0.2, 0) is 13.1 Å². The minimum absolute atomic E-state index is 0.469. The van der Waals surface area contributed by atoms with E-state index in [2.05, 4.69) is 30.8 Å². The van der Waals surface area contributed by atoms with E-state index in [1.165, 1.54) is 0 Å². The number of hydrogen-bond donors (Lipinski definition) is 2. The maximum Gasteiger partial charge on any atom is 0.244 e. The summed E-state index contributed by atoms with van der Waals surface area (Å²) in [4.78, 5) is 8.31. The molecular formula is C14H14N6O. The molecule has 3 rings (SSSR count). The molecule has 106 valence electrons. The standard InChI is InChI=1S/C14H14N6O/c1-2-12(21-7-1)9-16-13-10-18-20-14(19-13)17-8-11-3-5-15-6-4-11/h1-7,10H,8-9H2,(H2,16,17,19,20). The summed E-state index contributed by atoms with van der Waals surface area (Å²) in [5.74, 6) is 1.94. The second-order valence-corrected chi connectivity index (χ2v) is 4.31. The molecule has 0 aliphatic rings. The fourth-order valence-electron chi connectivity index (χ4n) is 1.74. The molecule has 0 fully saturated rings. The van der Waals surface area contributed by atoms with Crippen molar-refractivity contribution in [1.82, 2.24) is 20.2 Å². The van der Waals surface area contributed by atoms with E-state index in [1.54, 1.807) is 24.9 Å². The minimum Gasteiger partial charge on any atom is -0.467 e. The average Bonchev–Trinajstić information content (AvgIpc) is 3.06. The molecule has 0 radical (unpaired) electrons. The Balaban J connectivity index is 1.58. The van der Waals surface area contributed by atoms with Crippen molar-refractivity contribution in [1.29, 1.82) is 0 Å². The van der Waals surface area contributed by atoms with Gasteiger partial charge in [0.25, 0.3) is 0 Å². The van der Waals surface area contributed by atoms with Crippen molar-refractivity contribution in [3.63, 3.8) is 0 Å². The largest absolute Gasteiger partial charge is 0.467 e. The first kappa shape index (κ1) is 13.0. The van der Waals surface area contributed by atoms with Gasteiger partial charge in [0.05, 0.1) is 19.0 Å². The Hall–Kier alpha value is -2.96. The molecule has 0 unspecified atom stereocenters. The second-order valence-electron chi connectivity index (χ2n) is 4.31. The van der Waals surface area contributed by atoms with Crippen LogP contribution in [0.25, 0.3) is 0 Å². The molecule has 0 aliphatic heterocycles. The van der Waals surface area contributed by atoms with Crippen LogP contribution in [-0.4, -0.2) is 20.2 Å². The lowest BCUT2D eigenvalue weighted by Gasteiger charge is -2.06. The van der Waals surface area contributed by atoms with E-state index in [0.717, 1.165) is 11.3 Å². The Morgan fingerprint density at radius 2 is 1.95 bits per heavy atom. The summed E-state index contributed by atoms with van der Waals surface area (Å²) in [6.45, 7) is 1.17. The molecule has 2 N–H and O–H groups in total. The monoisotopic (exact) mass is 282 g/mol. The quantitative estimate of drug-likeness (QED) is 0.715. The van der Waals surface area contributed by atoms with Crippen LogP contribution in [0.4, 0.5) is 11.8 Å². The van der Waals surface area contributed by atoms with Gasteiger partial charge in [0.15, 0.2) is 5.82 Å². The van der Waals surface area contributed by atoms with Crippen LogP contribution in [0, 0.1) is 0 Å². The molecule has 0 aliphatic carbocycles. The number of rotatable bonds is 6. The summed E-state index contributed by atoms with van der Waals surface area (Å²) in [5.41, 5.74) is 1.10. The van der Waals surface area contributed by atoms with E-state index in [4.69, 9.17) is 4.42 Å². The van der Waals surface area contributed by atoms with Crippen LogP contribution in [0.2, 0.25) is 0 Å². The highest BCUT2D eigenvalue weighted by Gasteiger charge is 2.01. The van der Waals surface area contributed by atoms with Crippen LogP contribution < -0.4 is 10.6 Å². The molecule has 7 heteroatoms. The van der Waals surface area contributed by atoms with E-state index in [1.807, 2.05) is 24.3 Å². The molecule has 3 aromatic heterocycles. The first-order chi connectivity index (χ1) is 10.4. The van der Waals surface area contributed by atoms with Crippen molar-refractivity contribution in [2.24, 2.45) is 0 Å². The van der Waals surface area contributed by atoms with Gasteiger partial charge in [0.2, 0.25) is 5.95 Å². The van der Waals surface area contributed by atoms with Crippen molar-refractivity contribution < 1.29 is 4.42 Å². The summed E-state index contributed by atoms with van der Waals surface area (Å²) >= 11 is 0. The van der Waals surface area contributed by atoms with Gasteiger partial charge in [0.1, 0.15) is 5.76 Å². The topological polar surface area (TPSA) is 88.8 Å². The van der Waals surface area contributed by atoms with Gasteiger partial charge in [-0.15, -0.1) is 5.10 Å². The highest BCUT2D eigenvalue weighted by molar-refractivity contribution is 5.37. The van der Waals surface area contributed by atoms with Gasteiger partial charge in [-0.3, -0.25) is 4.98 Å². The van der Waals surface area contributed by atoms with E-state index < -0.39 is 0 Å². The van der Waals surface area contributed by atoms with Gasteiger partial charge in [-0.2, -0.15) is 10.1 Å². The summed E-state index contributed by atoms with van der Waals surface area (Å²) in [6, 6.07) is 7.60. The highest BCUT2D eigenvalue weighted by Crippen LogP contribution is 2.08. The SMILES string of the molecule is c1coc(CNc2cnnc(NCc3ccncc3)n2)c1. The second kappa shape index (κ2) is 6.47. The fourth-order valence-corrected chi connectivity index (χ4v) is 1.74. The van der Waals surface area contributed by atoms with Crippen LogP contribution in [0.15, 0.2) is 53.5 Å². The number of hydrogen-bond acceptors (Lipinski definition) is 7. The van der Waals surface area contributed by atoms with Crippen LogP contribution >= 0.6 is 0 Å². The number of anilines is 2. The van der Waals surface area contributed by atoms with E-state index in [-0.39, 0.29) is 0 Å². The zero-order valence-electron chi connectivity index (χ0n) is 11.2. The Morgan fingerprint density at radius 3 is 2.76 bits per heavy atom. The summed E-state index contributed by atoms with van der Waals surface area (Å²) < 4.78 is 5.24. The average molecular weight is 282 g/mol. The predicted octanol–water partition coefficient (Wildman–Crippen LogP) is 2.08. The Morgan fingerprint density at radius 1 is 1.05 bits per heavy atom. The molecule has 3 aromatic rings. The zero-order valence-corrected chi connectivity index (χ0v) is 11.2. The van der Waals surface area contributed by atoms with Crippen LogP contribution in [0.1, 0.15) is 11.3 Å². The van der Waals surface area contributed by atoms with Gasteiger partial charge >= 0.3 is 0 Å². The lowest BCUT2D eigenvalue weighted by atomic mass is 10.3. The van der Waals surface area contributed by atoms with Crippen LogP contribution in [0.5, 0.6) is 0 Å². The number of pyridine rings is 1. The third-order valence-corrected chi connectivity index (χ3v) is 2.78. The molecule has 21 heavy (non-hydrogen) atoms. The van der Waals surface area contributed by atoms with Crippen molar-refractivity contribution >= 4 is 11.8 Å². The Bertz CT molecular complexity index is 671. The van der Waals surface area contributed by atoms with E-state index in [9.17, 15) is 0 Å². The van der Waals surface area contributed by atoms with Gasteiger partial charge < -0.3 is 15.1 Å². The van der Waals surface area contributed by atoms with E-state index >= 15 is 0 Å². The minimum atomic E-state index is 0.469. The lowest BCUT2D eigenvalue weighted by molar-refractivity contribution is 0.517. The summed E-state index contributed by atoms with van der Waals surface area (Å²) in [6.07, 6.45) is 6.70. The lowest BCUT2D eigenvalue weighted by Crippen LogP contribution is -2.08. The van der Waals surface area contributed by atoms with Gasteiger partial charge in [-0.25, -0.2) is 0 Å². The number of nitrogens with zero attached hydrogens (tertiary/aromatic N) is 4. The molecule has 7 nitrogen and oxygen atoms in total. The van der Waals surface area contributed by atoms with Gasteiger partial charge in [0, 0.05) is 18.9 Å². The van der Waals surface area contributed by atoms with Crippen LogP contribution in [0.3, 0.4) is 0 Å². The Kier molecular flexibility index (Phi) is 4.02. The number of aromatic nitrogens is 4. The molecule has 0 atom stereocenters. The molecular weight excluding hydrogens is 268 g/mol. The van der Waals surface area contributed by atoms with Crippen molar-refractivity contribution in [2.75, 3.05) is 10.6 Å². The first-order valence-electron chi connectivity index (χ1n) is 6.49.